The van der Waals surface area contributed by atoms with Gasteiger partial charge in [0.2, 0.25) is 5.91 Å². The number of carboxylic acid groups (broad SMARTS) is 1. The quantitative estimate of drug-likeness (QED) is 0.667. The van der Waals surface area contributed by atoms with Crippen molar-refractivity contribution in [2.45, 2.75) is 12.5 Å². The SMILES string of the molecule is O=C(O)C1CC1C(=O)NC(c1ccccc1)c1ccc2nc[nH]c2c1. The van der Waals surface area contributed by atoms with Gasteiger partial charge in [0.1, 0.15) is 0 Å². The van der Waals surface area contributed by atoms with Crippen molar-refractivity contribution in [2.75, 3.05) is 0 Å². The molecule has 25 heavy (non-hydrogen) atoms. The van der Waals surface area contributed by atoms with Gasteiger partial charge in [-0.1, -0.05) is 36.4 Å². The minimum absolute atomic E-state index is 0.217. The second-order valence-electron chi connectivity index (χ2n) is 6.32. The summed E-state index contributed by atoms with van der Waals surface area (Å²) in [5.41, 5.74) is 3.61. The fourth-order valence-electron chi connectivity index (χ4n) is 3.14. The third-order valence-corrected chi connectivity index (χ3v) is 4.64. The van der Waals surface area contributed by atoms with Crippen LogP contribution in [0, 0.1) is 11.8 Å². The molecule has 3 N–H and O–H groups in total. The maximum Gasteiger partial charge on any atom is 0.307 e. The summed E-state index contributed by atoms with van der Waals surface area (Å²) in [6, 6.07) is 15.1. The number of imidazole rings is 1. The number of aromatic nitrogens is 2. The second-order valence-corrected chi connectivity index (χ2v) is 6.32. The Labute approximate surface area is 143 Å². The maximum absolute atomic E-state index is 12.5. The Kier molecular flexibility index (Phi) is 3.72. The third kappa shape index (κ3) is 2.98. The van der Waals surface area contributed by atoms with Gasteiger partial charge in [-0.25, -0.2) is 4.98 Å². The van der Waals surface area contributed by atoms with E-state index < -0.39 is 17.8 Å². The van der Waals surface area contributed by atoms with Crippen LogP contribution in [0.5, 0.6) is 0 Å². The smallest absolute Gasteiger partial charge is 0.307 e. The Balaban J connectivity index is 1.65. The van der Waals surface area contributed by atoms with Gasteiger partial charge >= 0.3 is 5.97 Å². The Morgan fingerprint density at radius 2 is 1.92 bits per heavy atom. The van der Waals surface area contributed by atoms with E-state index in [4.69, 9.17) is 5.11 Å². The molecule has 0 radical (unpaired) electrons. The van der Waals surface area contributed by atoms with Crippen LogP contribution in [0.4, 0.5) is 0 Å². The zero-order valence-corrected chi connectivity index (χ0v) is 13.3. The summed E-state index contributed by atoms with van der Waals surface area (Å²) in [4.78, 5) is 30.8. The number of fused-ring (bicyclic) bond motifs is 1. The first-order valence-electron chi connectivity index (χ1n) is 8.14. The number of H-pyrrole nitrogens is 1. The lowest BCUT2D eigenvalue weighted by Crippen LogP contribution is -2.31. The lowest BCUT2D eigenvalue weighted by atomic mass is 9.98. The Morgan fingerprint density at radius 3 is 2.64 bits per heavy atom. The fraction of sp³-hybridized carbons (Fsp3) is 0.211. The van der Waals surface area contributed by atoms with Crippen molar-refractivity contribution in [3.05, 3.63) is 66.0 Å². The van der Waals surface area contributed by atoms with E-state index >= 15 is 0 Å². The van der Waals surface area contributed by atoms with Crippen molar-refractivity contribution in [3.63, 3.8) is 0 Å². The van der Waals surface area contributed by atoms with Crippen LogP contribution in [0.15, 0.2) is 54.9 Å². The number of nitrogens with zero attached hydrogens (tertiary/aromatic N) is 1. The highest BCUT2D eigenvalue weighted by atomic mass is 16.4. The Bertz CT molecular complexity index is 935. The molecule has 1 aliphatic carbocycles. The zero-order chi connectivity index (χ0) is 17.4. The van der Waals surface area contributed by atoms with Crippen LogP contribution in [0.1, 0.15) is 23.6 Å². The first kappa shape index (κ1) is 15.4. The Hall–Kier alpha value is -3.15. The number of amides is 1. The maximum atomic E-state index is 12.5. The lowest BCUT2D eigenvalue weighted by molar-refractivity contribution is -0.140. The van der Waals surface area contributed by atoms with Gasteiger partial charge < -0.3 is 15.4 Å². The van der Waals surface area contributed by atoms with Crippen molar-refractivity contribution in [3.8, 4) is 0 Å². The molecule has 0 aliphatic heterocycles. The summed E-state index contributed by atoms with van der Waals surface area (Å²) in [6.07, 6.45) is 2.04. The number of aliphatic carboxylic acids is 1. The van der Waals surface area contributed by atoms with Crippen LogP contribution < -0.4 is 5.32 Å². The summed E-state index contributed by atoms with van der Waals surface area (Å²) < 4.78 is 0. The number of carboxylic acids is 1. The van der Waals surface area contributed by atoms with Gasteiger partial charge in [0, 0.05) is 0 Å². The molecule has 4 rings (SSSR count). The molecule has 1 saturated carbocycles. The number of rotatable bonds is 5. The van der Waals surface area contributed by atoms with Crippen LogP contribution in [-0.2, 0) is 9.59 Å². The summed E-state index contributed by atoms with van der Waals surface area (Å²) in [5.74, 6) is -2.13. The van der Waals surface area contributed by atoms with Crippen LogP contribution in [0.3, 0.4) is 0 Å². The molecular weight excluding hydrogens is 318 g/mol. The second kappa shape index (κ2) is 6.05. The number of hydrogen-bond donors (Lipinski definition) is 3. The number of benzene rings is 2. The normalized spacial score (nSPS) is 20.2. The van der Waals surface area contributed by atoms with E-state index in [1.165, 1.54) is 0 Å². The van der Waals surface area contributed by atoms with Crippen LogP contribution in [0.25, 0.3) is 11.0 Å². The molecule has 6 nitrogen and oxygen atoms in total. The lowest BCUT2D eigenvalue weighted by Gasteiger charge is -2.20. The van der Waals surface area contributed by atoms with Gasteiger partial charge in [-0.05, 0) is 29.7 Å². The molecule has 0 saturated heterocycles. The molecule has 0 bridgehead atoms. The number of carbonyl (C=O) groups is 2. The zero-order valence-electron chi connectivity index (χ0n) is 13.3. The highest BCUT2D eigenvalue weighted by Gasteiger charge is 2.48. The van der Waals surface area contributed by atoms with E-state index in [-0.39, 0.29) is 11.9 Å². The molecule has 1 heterocycles. The molecular formula is C19H17N3O3. The molecule has 3 atom stereocenters. The van der Waals surface area contributed by atoms with E-state index in [0.717, 1.165) is 22.2 Å². The van der Waals surface area contributed by atoms with Crippen molar-refractivity contribution in [1.29, 1.82) is 0 Å². The number of hydrogen-bond acceptors (Lipinski definition) is 3. The van der Waals surface area contributed by atoms with Crippen LogP contribution in [0.2, 0.25) is 0 Å². The predicted molar refractivity (Wildman–Crippen MR) is 91.8 cm³/mol. The number of carbonyl (C=O) groups excluding carboxylic acids is 1. The highest BCUT2D eigenvalue weighted by molar-refractivity contribution is 5.90. The average molecular weight is 335 g/mol. The van der Waals surface area contributed by atoms with Gasteiger partial charge in [0.15, 0.2) is 0 Å². The molecule has 3 aromatic rings. The van der Waals surface area contributed by atoms with Gasteiger partial charge in [-0.3, -0.25) is 9.59 Å². The van der Waals surface area contributed by atoms with E-state index in [0.29, 0.717) is 6.42 Å². The van der Waals surface area contributed by atoms with Crippen molar-refractivity contribution in [1.82, 2.24) is 15.3 Å². The topological polar surface area (TPSA) is 95.1 Å². The summed E-state index contributed by atoms with van der Waals surface area (Å²) >= 11 is 0. The van der Waals surface area contributed by atoms with Crippen LogP contribution in [-0.4, -0.2) is 27.0 Å². The molecule has 6 heteroatoms. The minimum atomic E-state index is -0.907. The first-order chi connectivity index (χ1) is 12.1. The van der Waals surface area contributed by atoms with Crippen molar-refractivity contribution in [2.24, 2.45) is 11.8 Å². The summed E-state index contributed by atoms with van der Waals surface area (Å²) in [7, 11) is 0. The average Bonchev–Trinajstić information content (AvgIpc) is 3.31. The fourth-order valence-corrected chi connectivity index (χ4v) is 3.14. The Morgan fingerprint density at radius 1 is 1.12 bits per heavy atom. The molecule has 1 amide bonds. The molecule has 2 aromatic carbocycles. The largest absolute Gasteiger partial charge is 0.481 e. The van der Waals surface area contributed by atoms with Gasteiger partial charge in [-0.15, -0.1) is 0 Å². The monoisotopic (exact) mass is 335 g/mol. The summed E-state index contributed by atoms with van der Waals surface area (Å²) in [6.45, 7) is 0. The van der Waals surface area contributed by atoms with Crippen molar-refractivity contribution >= 4 is 22.9 Å². The van der Waals surface area contributed by atoms with E-state index in [1.54, 1.807) is 6.33 Å². The van der Waals surface area contributed by atoms with Gasteiger partial charge in [0.25, 0.3) is 0 Å². The predicted octanol–water partition coefficient (Wildman–Crippen LogP) is 2.49. The highest BCUT2D eigenvalue weighted by Crippen LogP contribution is 2.39. The first-order valence-corrected chi connectivity index (χ1v) is 8.14. The minimum Gasteiger partial charge on any atom is -0.481 e. The van der Waals surface area contributed by atoms with E-state index in [2.05, 4.69) is 15.3 Å². The molecule has 3 unspecified atom stereocenters. The van der Waals surface area contributed by atoms with E-state index in [1.807, 2.05) is 48.5 Å². The summed E-state index contributed by atoms with van der Waals surface area (Å²) in [5, 5.41) is 12.1. The molecule has 1 aliphatic rings. The number of aromatic amines is 1. The van der Waals surface area contributed by atoms with E-state index in [9.17, 15) is 9.59 Å². The number of nitrogens with one attached hydrogen (secondary N) is 2. The van der Waals surface area contributed by atoms with Gasteiger partial charge in [0.05, 0.1) is 35.2 Å². The van der Waals surface area contributed by atoms with Crippen molar-refractivity contribution < 1.29 is 14.7 Å². The van der Waals surface area contributed by atoms with Gasteiger partial charge in [-0.2, -0.15) is 0 Å². The molecule has 1 fully saturated rings. The molecule has 0 spiro atoms. The standard InChI is InChI=1S/C19H17N3O3/c23-18(13-9-14(13)19(24)25)22-17(11-4-2-1-3-5-11)12-6-7-15-16(8-12)21-10-20-15/h1-8,10,13-14,17H,9H2,(H,20,21)(H,22,23)(H,24,25). The molecule has 126 valence electrons. The molecule has 1 aromatic heterocycles. The van der Waals surface area contributed by atoms with Crippen LogP contribution >= 0.6 is 0 Å². The third-order valence-electron chi connectivity index (χ3n) is 4.64.